The van der Waals surface area contributed by atoms with E-state index in [-0.39, 0.29) is 0 Å². The van der Waals surface area contributed by atoms with Gasteiger partial charge in [-0.1, -0.05) is 144 Å². The van der Waals surface area contributed by atoms with Crippen LogP contribution in [-0.4, -0.2) is 128 Å². The molecule has 0 spiro atoms. The Hall–Kier alpha value is -17.1. The number of benzene rings is 9. The molecule has 0 bridgehead atoms. The van der Waals surface area contributed by atoms with Crippen LogP contribution in [0, 0.1) is 34.6 Å². The lowest BCUT2D eigenvalue weighted by Crippen LogP contribution is -1.98. The number of nitrogens with zero attached hydrogens (tertiary/aromatic N) is 16. The van der Waals surface area contributed by atoms with Crippen molar-refractivity contribution in [2.45, 2.75) is 89.0 Å². The molecule has 0 radical (unpaired) electrons. The van der Waals surface area contributed by atoms with Gasteiger partial charge in [0.2, 0.25) is 34.9 Å². The maximum absolute atomic E-state index is 5.68. The second kappa shape index (κ2) is 49.1. The molecule has 32 heteroatoms. The van der Waals surface area contributed by atoms with Gasteiger partial charge in [-0.15, -0.1) is 22.7 Å². The van der Waals surface area contributed by atoms with Crippen molar-refractivity contribution in [3.05, 3.63) is 341 Å². The Morgan fingerprint density at radius 1 is 0.301 bits per heavy atom. The number of thiophene rings is 2. The summed E-state index contributed by atoms with van der Waals surface area (Å²) in [6, 6.07) is 82.7. The third-order valence-corrected chi connectivity index (χ3v) is 25.5. The standard InChI is InChI=1S/C22H23N3O3.C20H22N2O3.C19H19BrN2O3.C19H15N3OS.C17H11N3O2.C17H11N3OS/c1-3-26-19-12-11-17(14-20(19)27-4-2)22-24-21(25-28-22)16-9-7-15(8-10-16)18-6-5-13-23-18;1-5-23-17-10-9-16(12-18(17)24-6-2)20-21-19(22-25-20)15-8-7-13(3)14(4)11-15;1-4-23-16-9-7-14(11-17(16)24-5-2)19-21-18(22-25-19)13-6-8-15(20)12(3)10-13;1-12-11-20-9-8-15(12)18-21-19(23-22-18)17-10-16(13(2)24-17)14-6-4-3-5-7-14;1-3-13(15-5-2-10-21-15)11-14(4-1)17-19-16(20-22-17)12-6-8-18-9-7-12;1-3-13(15-5-2-10-22-15)11-14(4-1)17-19-16(20-21-17)12-6-8-18-9-7-12/h7-12,14H,3-6,13H2,1-2H3;7-12H,5-6H2,1-4H3;6-11H,4-5H2,1-3H3;3-11H,1-2H3;2*1-11H. The van der Waals surface area contributed by atoms with Gasteiger partial charge in [0.25, 0.3) is 35.3 Å². The average Bonchev–Trinajstić information content (AvgIpc) is 1.63. The molecule has 0 N–H and O–H groups in total. The van der Waals surface area contributed by atoms with E-state index < -0.39 is 0 Å². The third-order valence-electron chi connectivity index (χ3n) is 22.6. The van der Waals surface area contributed by atoms with E-state index in [0.29, 0.717) is 144 Å². The second-order valence-electron chi connectivity index (χ2n) is 32.6. The molecule has 0 unspecified atom stereocenters. The lowest BCUT2D eigenvalue weighted by Gasteiger charge is -2.11. The number of halogens is 1. The first-order valence-corrected chi connectivity index (χ1v) is 49.9. The summed E-state index contributed by atoms with van der Waals surface area (Å²) in [5.41, 5.74) is 21.0. The summed E-state index contributed by atoms with van der Waals surface area (Å²) in [5, 5.41) is 26.6. The van der Waals surface area contributed by atoms with Crippen LogP contribution in [-0.2, 0) is 0 Å². The Balaban J connectivity index is 0.000000120. The van der Waals surface area contributed by atoms with Gasteiger partial charge in [-0.25, -0.2) is 0 Å². The van der Waals surface area contributed by atoms with Crippen molar-refractivity contribution < 1.29 is 60.0 Å². The molecule has 146 heavy (non-hydrogen) atoms. The first kappa shape index (κ1) is 100. The molecular formula is C114H101BrN16O13S2. The van der Waals surface area contributed by atoms with Gasteiger partial charge in [0.1, 0.15) is 5.76 Å². The molecule has 22 rings (SSSR count). The maximum atomic E-state index is 5.68. The molecule has 0 saturated heterocycles. The van der Waals surface area contributed by atoms with Gasteiger partial charge >= 0.3 is 0 Å². The molecule has 0 saturated carbocycles. The second-order valence-corrected chi connectivity index (χ2v) is 35.7. The summed E-state index contributed by atoms with van der Waals surface area (Å²) in [6.45, 7) is 26.2. The van der Waals surface area contributed by atoms with Gasteiger partial charge in [0, 0.05) is 130 Å². The molecule has 0 atom stereocenters. The number of aromatic nitrogens is 15. The van der Waals surface area contributed by atoms with Crippen LogP contribution in [0.25, 0.3) is 169 Å². The van der Waals surface area contributed by atoms with Crippen molar-refractivity contribution >= 4 is 44.3 Å². The monoisotopic (exact) mass is 2040 g/mol. The Bertz CT molecular complexity index is 7570. The fourth-order valence-corrected chi connectivity index (χ4v) is 17.2. The maximum Gasteiger partial charge on any atom is 0.268 e. The number of hydrogen-bond donors (Lipinski definition) is 0. The minimum absolute atomic E-state index is 0.444. The highest BCUT2D eigenvalue weighted by Crippen LogP contribution is 2.42. The van der Waals surface area contributed by atoms with Crippen LogP contribution in [0.15, 0.2) is 345 Å². The van der Waals surface area contributed by atoms with Crippen LogP contribution in [0.5, 0.6) is 34.5 Å². The van der Waals surface area contributed by atoms with Crippen LogP contribution < -0.4 is 28.4 Å². The summed E-state index contributed by atoms with van der Waals surface area (Å²) in [5.74, 6) is 11.2. The van der Waals surface area contributed by atoms with E-state index in [1.807, 2.05) is 250 Å². The van der Waals surface area contributed by atoms with Gasteiger partial charge in [-0.05, 0) is 297 Å². The van der Waals surface area contributed by atoms with Gasteiger partial charge in [0.05, 0.1) is 50.8 Å². The van der Waals surface area contributed by atoms with E-state index >= 15 is 0 Å². The van der Waals surface area contributed by atoms with E-state index in [1.165, 1.54) is 37.7 Å². The van der Waals surface area contributed by atoms with Gasteiger partial charge in [0.15, 0.2) is 34.5 Å². The molecule has 734 valence electrons. The molecule has 12 aromatic heterocycles. The Morgan fingerprint density at radius 2 is 0.719 bits per heavy atom. The summed E-state index contributed by atoms with van der Waals surface area (Å²) >= 11 is 6.87. The Labute approximate surface area is 859 Å². The highest BCUT2D eigenvalue weighted by atomic mass is 79.9. The lowest BCUT2D eigenvalue weighted by atomic mass is 10.1. The number of aryl methyl sites for hydroxylation is 5. The largest absolute Gasteiger partial charge is 0.490 e. The number of aliphatic imine (C=N–C) groups is 1. The topological polar surface area (TPSA) is 353 Å². The predicted molar refractivity (Wildman–Crippen MR) is 568 cm³/mol. The molecule has 9 aromatic carbocycles. The summed E-state index contributed by atoms with van der Waals surface area (Å²) in [4.78, 5) is 47.1. The summed E-state index contributed by atoms with van der Waals surface area (Å²) < 4.78 is 72.9. The van der Waals surface area contributed by atoms with Crippen molar-refractivity contribution in [2.75, 3.05) is 46.2 Å². The van der Waals surface area contributed by atoms with Crippen molar-refractivity contribution in [3.63, 3.8) is 0 Å². The van der Waals surface area contributed by atoms with Crippen LogP contribution in [0.2, 0.25) is 0 Å². The molecule has 0 fully saturated rings. The fourth-order valence-electron chi connectivity index (χ4n) is 15.2. The zero-order chi connectivity index (χ0) is 101. The molecular weight excluding hydrogens is 1950 g/mol. The van der Waals surface area contributed by atoms with Gasteiger partial charge in [-0.3, -0.25) is 19.9 Å². The quantitative estimate of drug-likeness (QED) is 0.0439. The lowest BCUT2D eigenvalue weighted by molar-refractivity contribution is 0.288. The zero-order valence-electron chi connectivity index (χ0n) is 81.9. The van der Waals surface area contributed by atoms with E-state index in [0.717, 1.165) is 124 Å². The van der Waals surface area contributed by atoms with E-state index in [2.05, 4.69) is 184 Å². The Kier molecular flexibility index (Phi) is 33.7. The number of hydrogen-bond acceptors (Lipinski definition) is 31. The predicted octanol–water partition coefficient (Wildman–Crippen LogP) is 28.6. The number of furan rings is 1. The van der Waals surface area contributed by atoms with E-state index in [9.17, 15) is 0 Å². The summed E-state index contributed by atoms with van der Waals surface area (Å²) in [6.07, 6.45) is 14.2. The number of rotatable bonds is 28. The minimum Gasteiger partial charge on any atom is -0.490 e. The van der Waals surface area contributed by atoms with Gasteiger partial charge in [-0.2, -0.15) is 29.9 Å². The first-order chi connectivity index (χ1) is 71.5. The molecule has 0 aliphatic carbocycles. The third kappa shape index (κ3) is 25.3. The van der Waals surface area contributed by atoms with Crippen molar-refractivity contribution in [2.24, 2.45) is 4.99 Å². The Morgan fingerprint density at radius 3 is 1.18 bits per heavy atom. The van der Waals surface area contributed by atoms with E-state index in [4.69, 9.17) is 60.0 Å². The molecule has 21 aromatic rings. The fraction of sp³-hybridized carbons (Fsp3) is 0.175. The van der Waals surface area contributed by atoms with Crippen molar-refractivity contribution in [3.8, 4) is 204 Å². The first-order valence-electron chi connectivity index (χ1n) is 47.4. The number of ether oxygens (including phenoxy) is 6. The highest BCUT2D eigenvalue weighted by molar-refractivity contribution is 9.10. The van der Waals surface area contributed by atoms with Crippen LogP contribution in [0.1, 0.15) is 87.1 Å². The number of pyridine rings is 3. The molecule has 29 nitrogen and oxygen atoms in total. The van der Waals surface area contributed by atoms with Crippen molar-refractivity contribution in [1.29, 1.82) is 0 Å². The average molecular weight is 2050 g/mol. The van der Waals surface area contributed by atoms with Crippen molar-refractivity contribution in [1.82, 2.24) is 75.8 Å². The molecule has 13 heterocycles. The molecule has 1 aliphatic heterocycles. The molecule has 0 amide bonds. The van der Waals surface area contributed by atoms with Crippen LogP contribution in [0.3, 0.4) is 0 Å². The normalized spacial score (nSPS) is 11.3. The summed E-state index contributed by atoms with van der Waals surface area (Å²) in [7, 11) is 0. The van der Waals surface area contributed by atoms with Crippen LogP contribution >= 0.6 is 38.6 Å². The minimum atomic E-state index is 0.444. The van der Waals surface area contributed by atoms with E-state index in [1.54, 1.807) is 66.1 Å². The molecule has 1 aliphatic rings. The van der Waals surface area contributed by atoms with Crippen LogP contribution in [0.4, 0.5) is 0 Å². The smallest absolute Gasteiger partial charge is 0.268 e. The highest BCUT2D eigenvalue weighted by Gasteiger charge is 2.24. The van der Waals surface area contributed by atoms with Gasteiger partial charge < -0.3 is 60.0 Å². The zero-order valence-corrected chi connectivity index (χ0v) is 85.1. The SMILES string of the molecule is CCOc1ccc(-c2nc(-c3ccc(Br)c(C)c3)no2)cc1OCC.CCOc1ccc(-c2nc(-c3ccc(C)c(C)c3)no2)cc1OCC.CCOc1ccc(-c2nc(-c3ccc(C4=NCCC4)cc3)no2)cc1OCC.Cc1cnccc1-c1noc(-c2cc(-c3ccccc3)c(C)s2)n1.c1cc(-c2ccco2)cc(-c2nc(-c3ccncc3)no2)c1.c1cc(-c2nc(-c3ccncc3)no2)cc(-c2cccs2)c1.